The zero-order chi connectivity index (χ0) is 16.1. The van der Waals surface area contributed by atoms with Crippen molar-refractivity contribution in [3.05, 3.63) is 62.9 Å². The van der Waals surface area contributed by atoms with Gasteiger partial charge < -0.3 is 15.0 Å². The lowest BCUT2D eigenvalue weighted by Crippen LogP contribution is -2.41. The lowest BCUT2D eigenvalue weighted by Gasteiger charge is -2.10. The molecule has 0 unspecified atom stereocenters. The van der Waals surface area contributed by atoms with E-state index in [4.69, 9.17) is 5.11 Å². The highest BCUT2D eigenvalue weighted by atomic mass is 16.4. The summed E-state index contributed by atoms with van der Waals surface area (Å²) in [4.78, 5) is 34.7. The summed E-state index contributed by atoms with van der Waals surface area (Å²) < 4.78 is 1.89. The molecule has 0 amide bonds. The van der Waals surface area contributed by atoms with E-state index >= 15 is 0 Å². The fourth-order valence-electron chi connectivity index (χ4n) is 2.11. The highest BCUT2D eigenvalue weighted by Gasteiger charge is 2.12. The molecule has 0 aliphatic rings. The number of nitrogens with zero attached hydrogens (tertiary/aromatic N) is 2. The maximum Gasteiger partial charge on any atom is 0.331 e. The van der Waals surface area contributed by atoms with Gasteiger partial charge in [0.25, 0.3) is 5.56 Å². The van der Waals surface area contributed by atoms with E-state index in [9.17, 15) is 14.4 Å². The second kappa shape index (κ2) is 6.75. The van der Waals surface area contributed by atoms with Crippen molar-refractivity contribution in [1.82, 2.24) is 9.13 Å². The van der Waals surface area contributed by atoms with Gasteiger partial charge in [-0.05, 0) is 12.0 Å². The second-order valence-electron chi connectivity index (χ2n) is 4.88. The standard InChI is InChI=1S/C15H17N3O4/c1-17-9-12(14(21)18(15(17)22)10-13(19)20)16-8-7-11-5-3-2-4-6-11/h2-6,9,16H,7-8,10H2,1H3,(H,19,20). The normalized spacial score (nSPS) is 10.4. The molecule has 0 aliphatic heterocycles. The summed E-state index contributed by atoms with van der Waals surface area (Å²) in [6, 6.07) is 9.74. The molecule has 1 aromatic heterocycles. The first-order chi connectivity index (χ1) is 10.5. The maximum absolute atomic E-state index is 12.1. The molecule has 0 saturated carbocycles. The largest absolute Gasteiger partial charge is 0.480 e. The molecular formula is C15H17N3O4. The average Bonchev–Trinajstić information content (AvgIpc) is 2.49. The number of hydrogen-bond acceptors (Lipinski definition) is 4. The molecule has 22 heavy (non-hydrogen) atoms. The average molecular weight is 303 g/mol. The van der Waals surface area contributed by atoms with Crippen LogP contribution in [-0.2, 0) is 24.8 Å². The number of aromatic nitrogens is 2. The summed E-state index contributed by atoms with van der Waals surface area (Å²) in [6.45, 7) is -0.149. The van der Waals surface area contributed by atoms with Crippen LogP contribution in [-0.4, -0.2) is 26.8 Å². The van der Waals surface area contributed by atoms with Crippen molar-refractivity contribution >= 4 is 11.7 Å². The summed E-state index contributed by atoms with van der Waals surface area (Å²) in [5.41, 5.74) is 0.0459. The highest BCUT2D eigenvalue weighted by Crippen LogP contribution is 2.01. The Kier molecular flexibility index (Phi) is 4.77. The molecule has 0 radical (unpaired) electrons. The van der Waals surface area contributed by atoms with Crippen LogP contribution in [0.2, 0.25) is 0 Å². The minimum Gasteiger partial charge on any atom is -0.480 e. The van der Waals surface area contributed by atoms with Gasteiger partial charge in [-0.2, -0.15) is 0 Å². The third kappa shape index (κ3) is 3.63. The molecule has 1 heterocycles. The lowest BCUT2D eigenvalue weighted by atomic mass is 10.1. The van der Waals surface area contributed by atoms with Gasteiger partial charge in [0.1, 0.15) is 12.2 Å². The molecule has 0 spiro atoms. The number of hydrogen-bond donors (Lipinski definition) is 2. The third-order valence-electron chi connectivity index (χ3n) is 3.20. The molecule has 0 aliphatic carbocycles. The van der Waals surface area contributed by atoms with E-state index in [0.29, 0.717) is 17.5 Å². The summed E-state index contributed by atoms with van der Waals surface area (Å²) in [5.74, 6) is -1.24. The van der Waals surface area contributed by atoms with E-state index in [0.717, 1.165) is 5.56 Å². The molecule has 0 saturated heterocycles. The van der Waals surface area contributed by atoms with Crippen molar-refractivity contribution in [2.24, 2.45) is 7.05 Å². The lowest BCUT2D eigenvalue weighted by molar-refractivity contribution is -0.137. The maximum atomic E-state index is 12.1. The van der Waals surface area contributed by atoms with E-state index in [1.165, 1.54) is 17.8 Å². The molecule has 7 nitrogen and oxygen atoms in total. The Bertz CT molecular complexity index is 778. The minimum absolute atomic E-state index is 0.208. The van der Waals surface area contributed by atoms with Gasteiger partial charge in [0.05, 0.1) is 0 Å². The highest BCUT2D eigenvalue weighted by molar-refractivity contribution is 5.66. The molecule has 2 N–H and O–H groups in total. The predicted octanol–water partition coefficient (Wildman–Crippen LogP) is 0.286. The van der Waals surface area contributed by atoms with Crippen molar-refractivity contribution in [2.75, 3.05) is 11.9 Å². The van der Waals surface area contributed by atoms with E-state index in [1.54, 1.807) is 0 Å². The first-order valence-electron chi connectivity index (χ1n) is 6.79. The van der Waals surface area contributed by atoms with Gasteiger partial charge in [0, 0.05) is 19.8 Å². The van der Waals surface area contributed by atoms with Gasteiger partial charge in [-0.15, -0.1) is 0 Å². The Morgan fingerprint density at radius 3 is 2.55 bits per heavy atom. The Balaban J connectivity index is 2.17. The molecule has 0 fully saturated rings. The molecular weight excluding hydrogens is 286 g/mol. The van der Waals surface area contributed by atoms with Gasteiger partial charge >= 0.3 is 11.7 Å². The molecule has 2 rings (SSSR count). The van der Waals surface area contributed by atoms with E-state index < -0.39 is 23.8 Å². The van der Waals surface area contributed by atoms with Gasteiger partial charge in [0.15, 0.2) is 0 Å². The predicted molar refractivity (Wildman–Crippen MR) is 82.2 cm³/mol. The second-order valence-corrected chi connectivity index (χ2v) is 4.88. The van der Waals surface area contributed by atoms with E-state index in [1.807, 2.05) is 30.3 Å². The van der Waals surface area contributed by atoms with Gasteiger partial charge in [-0.1, -0.05) is 30.3 Å². The van der Waals surface area contributed by atoms with Crippen LogP contribution < -0.4 is 16.6 Å². The van der Waals surface area contributed by atoms with Gasteiger partial charge in [-0.25, -0.2) is 9.36 Å². The number of carboxylic acids is 1. The monoisotopic (exact) mass is 303 g/mol. The molecule has 0 atom stereocenters. The number of carboxylic acid groups (broad SMARTS) is 1. The summed E-state index contributed by atoms with van der Waals surface area (Å²) >= 11 is 0. The van der Waals surface area contributed by atoms with Crippen LogP contribution in [0.4, 0.5) is 5.69 Å². The Morgan fingerprint density at radius 2 is 1.91 bits per heavy atom. The smallest absolute Gasteiger partial charge is 0.331 e. The van der Waals surface area contributed by atoms with E-state index in [2.05, 4.69) is 5.32 Å². The fourth-order valence-corrected chi connectivity index (χ4v) is 2.11. The number of aryl methyl sites for hydroxylation is 1. The topological polar surface area (TPSA) is 93.3 Å². The van der Waals surface area contributed by atoms with Crippen LogP contribution in [0.3, 0.4) is 0 Å². The van der Waals surface area contributed by atoms with Crippen molar-refractivity contribution in [3.8, 4) is 0 Å². The molecule has 7 heteroatoms. The number of anilines is 1. The van der Waals surface area contributed by atoms with Crippen LogP contribution in [0.5, 0.6) is 0 Å². The van der Waals surface area contributed by atoms with E-state index in [-0.39, 0.29) is 5.69 Å². The molecule has 116 valence electrons. The van der Waals surface area contributed by atoms with Crippen molar-refractivity contribution < 1.29 is 9.90 Å². The number of carbonyl (C=O) groups is 1. The SMILES string of the molecule is Cn1cc(NCCc2ccccc2)c(=O)n(CC(=O)O)c1=O. The minimum atomic E-state index is -1.24. The number of benzene rings is 1. The van der Waals surface area contributed by atoms with Crippen molar-refractivity contribution in [3.63, 3.8) is 0 Å². The van der Waals surface area contributed by atoms with Crippen LogP contribution in [0, 0.1) is 0 Å². The number of aliphatic carboxylic acids is 1. The first-order valence-corrected chi connectivity index (χ1v) is 6.79. The van der Waals surface area contributed by atoms with Crippen LogP contribution >= 0.6 is 0 Å². The number of nitrogens with one attached hydrogen (secondary N) is 1. The zero-order valence-electron chi connectivity index (χ0n) is 12.2. The Hall–Kier alpha value is -2.83. The Labute approximate surface area is 126 Å². The van der Waals surface area contributed by atoms with Crippen molar-refractivity contribution in [2.45, 2.75) is 13.0 Å². The third-order valence-corrected chi connectivity index (χ3v) is 3.20. The molecule has 0 bridgehead atoms. The molecule has 2 aromatic rings. The summed E-state index contributed by atoms with van der Waals surface area (Å²) in [6.07, 6.45) is 2.09. The summed E-state index contributed by atoms with van der Waals surface area (Å²) in [5, 5.41) is 11.8. The van der Waals surface area contributed by atoms with Crippen LogP contribution in [0.15, 0.2) is 46.1 Å². The van der Waals surface area contributed by atoms with Gasteiger partial charge in [0.2, 0.25) is 0 Å². The van der Waals surface area contributed by atoms with Crippen molar-refractivity contribution in [1.29, 1.82) is 0 Å². The number of rotatable bonds is 6. The van der Waals surface area contributed by atoms with Crippen LogP contribution in [0.25, 0.3) is 0 Å². The zero-order valence-corrected chi connectivity index (χ0v) is 12.2. The Morgan fingerprint density at radius 1 is 1.23 bits per heavy atom. The fraction of sp³-hybridized carbons (Fsp3) is 0.267. The van der Waals surface area contributed by atoms with Crippen LogP contribution in [0.1, 0.15) is 5.56 Å². The molecule has 1 aromatic carbocycles. The van der Waals surface area contributed by atoms with Gasteiger partial charge in [-0.3, -0.25) is 9.59 Å². The quantitative estimate of drug-likeness (QED) is 0.800. The first kappa shape index (κ1) is 15.6. The summed E-state index contributed by atoms with van der Waals surface area (Å²) in [7, 11) is 1.47.